The zero-order valence-electron chi connectivity index (χ0n) is 9.92. The van der Waals surface area contributed by atoms with E-state index < -0.39 is 0 Å². The number of fused-ring (bicyclic) bond motifs is 1. The summed E-state index contributed by atoms with van der Waals surface area (Å²) in [6, 6.07) is 5.98. The molecule has 0 atom stereocenters. The van der Waals surface area contributed by atoms with Crippen LogP contribution in [0.25, 0.3) is 10.9 Å². The molecule has 4 heteroatoms. The number of thioether (sulfide) groups is 1. The van der Waals surface area contributed by atoms with Crippen LogP contribution in [0.2, 0.25) is 5.02 Å². The molecule has 17 heavy (non-hydrogen) atoms. The Balaban J connectivity index is 1.95. The van der Waals surface area contributed by atoms with Gasteiger partial charge in [0.2, 0.25) is 0 Å². The summed E-state index contributed by atoms with van der Waals surface area (Å²) in [6.07, 6.45) is 5.42. The summed E-state index contributed by atoms with van der Waals surface area (Å²) in [5.41, 5.74) is 2.42. The summed E-state index contributed by atoms with van der Waals surface area (Å²) in [7, 11) is 0. The third-order valence-corrected chi connectivity index (χ3v) is 3.68. The molecule has 2 rings (SSSR count). The number of nitrogens with one attached hydrogen (secondary N) is 2. The molecule has 0 saturated heterocycles. The van der Waals surface area contributed by atoms with Crippen LogP contribution in [0, 0.1) is 0 Å². The van der Waals surface area contributed by atoms with Gasteiger partial charge in [-0.25, -0.2) is 0 Å². The highest BCUT2D eigenvalue weighted by Gasteiger charge is 2.03. The Bertz CT molecular complexity index is 481. The lowest BCUT2D eigenvalue weighted by atomic mass is 10.2. The standard InChI is InChI=1S/C13H17ClN2S/c1-17-6-2-5-15-8-10-9-16-13-7-11(14)3-4-12(10)13/h3-4,7,9,15-16H,2,5-6,8H2,1H3. The maximum Gasteiger partial charge on any atom is 0.0472 e. The second kappa shape index (κ2) is 6.34. The van der Waals surface area contributed by atoms with Gasteiger partial charge in [0.15, 0.2) is 0 Å². The smallest absolute Gasteiger partial charge is 0.0472 e. The summed E-state index contributed by atoms with van der Waals surface area (Å²) < 4.78 is 0. The molecule has 0 fully saturated rings. The second-order valence-corrected chi connectivity index (χ2v) is 5.45. The predicted molar refractivity (Wildman–Crippen MR) is 78.0 cm³/mol. The molecule has 92 valence electrons. The molecule has 0 unspecified atom stereocenters. The van der Waals surface area contributed by atoms with Crippen LogP contribution in [0.1, 0.15) is 12.0 Å². The average molecular weight is 269 g/mol. The summed E-state index contributed by atoms with van der Waals surface area (Å²) in [5.74, 6) is 1.22. The Morgan fingerprint density at radius 3 is 3.12 bits per heavy atom. The minimum atomic E-state index is 0.777. The van der Waals surface area contributed by atoms with Crippen LogP contribution in [0.5, 0.6) is 0 Å². The molecule has 0 aliphatic heterocycles. The lowest BCUT2D eigenvalue weighted by Crippen LogP contribution is -2.14. The molecule has 0 bridgehead atoms. The van der Waals surface area contributed by atoms with Gasteiger partial charge in [-0.2, -0.15) is 11.8 Å². The molecule has 0 saturated carbocycles. The normalized spacial score (nSPS) is 11.2. The Morgan fingerprint density at radius 2 is 2.29 bits per heavy atom. The largest absolute Gasteiger partial charge is 0.361 e. The van der Waals surface area contributed by atoms with Crippen molar-refractivity contribution in [3.05, 3.63) is 35.0 Å². The molecule has 2 aromatic rings. The van der Waals surface area contributed by atoms with E-state index in [1.807, 2.05) is 23.9 Å². The first kappa shape index (κ1) is 12.8. The summed E-state index contributed by atoms with van der Waals surface area (Å²) in [5, 5.41) is 5.50. The van der Waals surface area contributed by atoms with Gasteiger partial charge < -0.3 is 10.3 Å². The number of hydrogen-bond acceptors (Lipinski definition) is 2. The third-order valence-electron chi connectivity index (χ3n) is 2.75. The maximum atomic E-state index is 5.95. The van der Waals surface area contributed by atoms with Gasteiger partial charge in [-0.15, -0.1) is 0 Å². The summed E-state index contributed by atoms with van der Waals surface area (Å²) >= 11 is 7.84. The van der Waals surface area contributed by atoms with Crippen LogP contribution < -0.4 is 5.32 Å². The van der Waals surface area contributed by atoms with Crippen molar-refractivity contribution in [2.45, 2.75) is 13.0 Å². The minimum Gasteiger partial charge on any atom is -0.361 e. The summed E-state index contributed by atoms with van der Waals surface area (Å²) in [6.45, 7) is 1.98. The van der Waals surface area contributed by atoms with E-state index in [1.165, 1.54) is 23.1 Å². The zero-order valence-corrected chi connectivity index (χ0v) is 11.5. The van der Waals surface area contributed by atoms with Gasteiger partial charge in [-0.05, 0) is 42.7 Å². The van der Waals surface area contributed by atoms with Crippen molar-refractivity contribution in [3.63, 3.8) is 0 Å². The Kier molecular flexibility index (Phi) is 4.77. The van der Waals surface area contributed by atoms with Gasteiger partial charge in [0, 0.05) is 28.7 Å². The molecule has 0 amide bonds. The summed E-state index contributed by atoms with van der Waals surface area (Å²) in [4.78, 5) is 3.25. The first-order valence-corrected chi connectivity index (χ1v) is 7.53. The van der Waals surface area contributed by atoms with Crippen molar-refractivity contribution in [1.29, 1.82) is 0 Å². The van der Waals surface area contributed by atoms with Crippen molar-refractivity contribution in [1.82, 2.24) is 10.3 Å². The molecule has 0 aliphatic carbocycles. The van der Waals surface area contributed by atoms with E-state index in [1.54, 1.807) is 0 Å². The minimum absolute atomic E-state index is 0.777. The number of rotatable bonds is 6. The fourth-order valence-electron chi connectivity index (χ4n) is 1.87. The average Bonchev–Trinajstić information content (AvgIpc) is 2.71. The lowest BCUT2D eigenvalue weighted by molar-refractivity contribution is 0.681. The number of halogens is 1. The van der Waals surface area contributed by atoms with Gasteiger partial charge in [0.05, 0.1) is 0 Å². The van der Waals surface area contributed by atoms with Crippen molar-refractivity contribution < 1.29 is 0 Å². The van der Waals surface area contributed by atoms with E-state index in [0.717, 1.165) is 23.6 Å². The molecular formula is C13H17ClN2S. The molecule has 0 aliphatic rings. The van der Waals surface area contributed by atoms with Crippen molar-refractivity contribution >= 4 is 34.3 Å². The van der Waals surface area contributed by atoms with Gasteiger partial charge in [0.25, 0.3) is 0 Å². The van der Waals surface area contributed by atoms with Crippen LogP contribution in [-0.2, 0) is 6.54 Å². The first-order valence-electron chi connectivity index (χ1n) is 5.76. The fraction of sp³-hybridized carbons (Fsp3) is 0.385. The van der Waals surface area contributed by atoms with E-state index in [4.69, 9.17) is 11.6 Å². The van der Waals surface area contributed by atoms with E-state index >= 15 is 0 Å². The molecule has 1 aromatic carbocycles. The molecule has 2 N–H and O–H groups in total. The van der Waals surface area contributed by atoms with Crippen molar-refractivity contribution in [3.8, 4) is 0 Å². The van der Waals surface area contributed by atoms with E-state index in [-0.39, 0.29) is 0 Å². The molecular weight excluding hydrogens is 252 g/mol. The van der Waals surface area contributed by atoms with E-state index in [2.05, 4.69) is 28.8 Å². The van der Waals surface area contributed by atoms with Crippen LogP contribution in [0.3, 0.4) is 0 Å². The van der Waals surface area contributed by atoms with Crippen LogP contribution in [0.4, 0.5) is 0 Å². The number of aromatic nitrogens is 1. The van der Waals surface area contributed by atoms with Crippen LogP contribution in [0.15, 0.2) is 24.4 Å². The first-order chi connectivity index (χ1) is 8.31. The highest BCUT2D eigenvalue weighted by Crippen LogP contribution is 2.21. The monoisotopic (exact) mass is 268 g/mol. The van der Waals surface area contributed by atoms with Gasteiger partial charge in [0.1, 0.15) is 0 Å². The molecule has 1 heterocycles. The quantitative estimate of drug-likeness (QED) is 0.783. The molecule has 0 spiro atoms. The second-order valence-electron chi connectivity index (χ2n) is 4.03. The van der Waals surface area contributed by atoms with Crippen LogP contribution in [-0.4, -0.2) is 23.5 Å². The Hall–Kier alpha value is -0.640. The number of H-pyrrole nitrogens is 1. The molecule has 1 aromatic heterocycles. The predicted octanol–water partition coefficient (Wildman–Crippen LogP) is 3.66. The highest BCUT2D eigenvalue weighted by molar-refractivity contribution is 7.98. The Labute approximate surface area is 111 Å². The van der Waals surface area contributed by atoms with Crippen molar-refractivity contribution in [2.75, 3.05) is 18.6 Å². The van der Waals surface area contributed by atoms with Gasteiger partial charge in [-0.3, -0.25) is 0 Å². The van der Waals surface area contributed by atoms with Gasteiger partial charge in [-0.1, -0.05) is 17.7 Å². The van der Waals surface area contributed by atoms with E-state index in [9.17, 15) is 0 Å². The fourth-order valence-corrected chi connectivity index (χ4v) is 2.47. The number of aromatic amines is 1. The maximum absolute atomic E-state index is 5.95. The molecule has 2 nitrogen and oxygen atoms in total. The molecule has 0 radical (unpaired) electrons. The lowest BCUT2D eigenvalue weighted by Gasteiger charge is -2.03. The highest BCUT2D eigenvalue weighted by atomic mass is 35.5. The van der Waals surface area contributed by atoms with Gasteiger partial charge >= 0.3 is 0 Å². The third kappa shape index (κ3) is 3.41. The Morgan fingerprint density at radius 1 is 1.41 bits per heavy atom. The van der Waals surface area contributed by atoms with E-state index in [0.29, 0.717) is 0 Å². The van der Waals surface area contributed by atoms with Crippen molar-refractivity contribution in [2.24, 2.45) is 0 Å². The van der Waals surface area contributed by atoms with Crippen LogP contribution >= 0.6 is 23.4 Å². The number of benzene rings is 1. The zero-order chi connectivity index (χ0) is 12.1. The topological polar surface area (TPSA) is 27.8 Å². The SMILES string of the molecule is CSCCCNCc1c[nH]c2cc(Cl)ccc12. The number of hydrogen-bond donors (Lipinski definition) is 2.